The van der Waals surface area contributed by atoms with Gasteiger partial charge < -0.3 is 19.5 Å². The lowest BCUT2D eigenvalue weighted by Gasteiger charge is -2.23. The zero-order valence-electron chi connectivity index (χ0n) is 18.8. The highest BCUT2D eigenvalue weighted by atomic mass is 16.6. The largest absolute Gasteiger partial charge is 0.494 e. The number of ether oxygens (including phenoxy) is 3. The van der Waals surface area contributed by atoms with Crippen LogP contribution in [0.1, 0.15) is 43.2 Å². The molecule has 0 aliphatic carbocycles. The second kappa shape index (κ2) is 10.6. The van der Waals surface area contributed by atoms with E-state index in [1.165, 1.54) is 7.11 Å². The van der Waals surface area contributed by atoms with Crippen LogP contribution in [0.25, 0.3) is 10.9 Å². The van der Waals surface area contributed by atoms with Gasteiger partial charge in [0.15, 0.2) is 6.29 Å². The summed E-state index contributed by atoms with van der Waals surface area (Å²) in [5, 5.41) is 3.15. The molecule has 0 spiro atoms. The number of nitrogens with one attached hydrogen (secondary N) is 1. The molecule has 0 saturated heterocycles. The summed E-state index contributed by atoms with van der Waals surface area (Å²) in [5.74, 6) is -0.0333. The van der Waals surface area contributed by atoms with E-state index in [-0.39, 0.29) is 18.6 Å². The minimum absolute atomic E-state index is 0.0177. The Morgan fingerprint density at radius 1 is 1.22 bits per heavy atom. The average molecular weight is 440 g/mol. The molecule has 1 aromatic heterocycles. The van der Waals surface area contributed by atoms with Crippen molar-refractivity contribution in [3.05, 3.63) is 60.5 Å². The number of aromatic nitrogens is 1. The summed E-state index contributed by atoms with van der Waals surface area (Å²) >= 11 is 0. The summed E-state index contributed by atoms with van der Waals surface area (Å²) < 4.78 is 15.9. The van der Waals surface area contributed by atoms with E-state index in [0.717, 1.165) is 6.29 Å². The molecule has 1 aromatic carbocycles. The van der Waals surface area contributed by atoms with Gasteiger partial charge >= 0.3 is 12.1 Å². The molecule has 1 heterocycles. The van der Waals surface area contributed by atoms with Gasteiger partial charge in [0.25, 0.3) is 0 Å². The lowest BCUT2D eigenvalue weighted by Crippen LogP contribution is -2.45. The van der Waals surface area contributed by atoms with Crippen LogP contribution in [0.2, 0.25) is 0 Å². The molecule has 8 nitrogen and oxygen atoms in total. The maximum Gasteiger partial charge on any atom is 0.408 e. The van der Waals surface area contributed by atoms with Gasteiger partial charge in [-0.25, -0.2) is 14.6 Å². The number of carbonyl (C=O) groups is 3. The SMILES string of the molecule is C=CCC(=C)OC(=O)[C@H](Cc1ccc2c(C=O)ccc(OC)c2n1)NC(=O)OC(C)(C)C. The van der Waals surface area contributed by atoms with Crippen molar-refractivity contribution in [3.63, 3.8) is 0 Å². The Balaban J connectivity index is 2.36. The number of rotatable bonds is 9. The van der Waals surface area contributed by atoms with E-state index in [4.69, 9.17) is 14.2 Å². The number of carbonyl (C=O) groups excluding carboxylic acids is 3. The summed E-state index contributed by atoms with van der Waals surface area (Å²) in [6, 6.07) is 5.59. The van der Waals surface area contributed by atoms with Crippen molar-refractivity contribution in [2.24, 2.45) is 0 Å². The van der Waals surface area contributed by atoms with E-state index in [2.05, 4.69) is 23.5 Å². The Morgan fingerprint density at radius 2 is 1.94 bits per heavy atom. The fraction of sp³-hybridized carbons (Fsp3) is 0.333. The van der Waals surface area contributed by atoms with Gasteiger partial charge in [0.1, 0.15) is 28.7 Å². The number of aldehydes is 1. The Morgan fingerprint density at radius 3 is 2.53 bits per heavy atom. The molecule has 0 fully saturated rings. The minimum Gasteiger partial charge on any atom is -0.494 e. The number of amides is 1. The van der Waals surface area contributed by atoms with Crippen LogP contribution in [-0.4, -0.2) is 42.1 Å². The van der Waals surface area contributed by atoms with Gasteiger partial charge in [-0.1, -0.05) is 18.7 Å². The molecule has 170 valence electrons. The Hall–Kier alpha value is -3.68. The van der Waals surface area contributed by atoms with Crippen LogP contribution in [0, 0.1) is 0 Å². The van der Waals surface area contributed by atoms with E-state index >= 15 is 0 Å². The first-order valence-electron chi connectivity index (χ1n) is 9.99. The molecule has 0 saturated carbocycles. The van der Waals surface area contributed by atoms with Gasteiger partial charge in [0.2, 0.25) is 0 Å². The Bertz CT molecular complexity index is 1040. The van der Waals surface area contributed by atoms with Gasteiger partial charge in [-0.05, 0) is 39.0 Å². The highest BCUT2D eigenvalue weighted by Crippen LogP contribution is 2.27. The van der Waals surface area contributed by atoms with Gasteiger partial charge in [-0.3, -0.25) is 4.79 Å². The molecule has 0 bridgehead atoms. The number of allylic oxidation sites excluding steroid dienone is 1. The summed E-state index contributed by atoms with van der Waals surface area (Å²) in [6.45, 7) is 12.4. The minimum atomic E-state index is -1.09. The fourth-order valence-corrected chi connectivity index (χ4v) is 2.90. The topological polar surface area (TPSA) is 104 Å². The predicted molar refractivity (Wildman–Crippen MR) is 121 cm³/mol. The van der Waals surface area contributed by atoms with Crippen molar-refractivity contribution in [1.29, 1.82) is 0 Å². The monoisotopic (exact) mass is 440 g/mol. The zero-order chi connectivity index (χ0) is 23.9. The van der Waals surface area contributed by atoms with Crippen LogP contribution in [0.4, 0.5) is 4.79 Å². The van der Waals surface area contributed by atoms with Crippen LogP contribution in [0.15, 0.2) is 49.3 Å². The average Bonchev–Trinajstić information content (AvgIpc) is 2.71. The standard InChI is InChI=1S/C24H28N2O6/c1-7-8-15(2)31-22(28)19(26-23(29)32-24(3,4)5)13-17-10-11-18-16(14-27)9-12-20(30-6)21(18)25-17/h7,9-12,14,19H,1-2,8,13H2,3-6H3,(H,26,29)/t19-/m0/s1. The number of nitrogens with zero attached hydrogens (tertiary/aromatic N) is 1. The van der Waals surface area contributed by atoms with Gasteiger partial charge in [-0.2, -0.15) is 0 Å². The highest BCUT2D eigenvalue weighted by molar-refractivity contribution is 5.99. The first-order valence-corrected chi connectivity index (χ1v) is 9.99. The Kier molecular flexibility index (Phi) is 8.12. The highest BCUT2D eigenvalue weighted by Gasteiger charge is 2.27. The summed E-state index contributed by atoms with van der Waals surface area (Å²) in [6.07, 6.45) is 1.82. The molecule has 1 amide bonds. The number of methoxy groups -OCH3 is 1. The maximum atomic E-state index is 12.7. The molecule has 8 heteroatoms. The molecule has 0 aliphatic heterocycles. The number of pyridine rings is 1. The summed E-state index contributed by atoms with van der Waals surface area (Å²) in [4.78, 5) is 41.0. The molecule has 2 rings (SSSR count). The molecule has 32 heavy (non-hydrogen) atoms. The first-order chi connectivity index (χ1) is 15.1. The van der Waals surface area contributed by atoms with Gasteiger partial charge in [0.05, 0.1) is 7.11 Å². The van der Waals surface area contributed by atoms with E-state index in [9.17, 15) is 14.4 Å². The molecular weight excluding hydrogens is 412 g/mol. The second-order valence-corrected chi connectivity index (χ2v) is 8.03. The molecule has 1 N–H and O–H groups in total. The molecule has 1 atom stereocenters. The van der Waals surface area contributed by atoms with Crippen molar-refractivity contribution in [3.8, 4) is 5.75 Å². The van der Waals surface area contributed by atoms with Gasteiger partial charge in [-0.15, -0.1) is 6.58 Å². The third-order valence-electron chi connectivity index (χ3n) is 4.26. The van der Waals surface area contributed by atoms with Crippen LogP contribution in [0.3, 0.4) is 0 Å². The van der Waals surface area contributed by atoms with E-state index in [0.29, 0.717) is 27.9 Å². The summed E-state index contributed by atoms with van der Waals surface area (Å²) in [5.41, 5.74) is 0.662. The van der Waals surface area contributed by atoms with Crippen LogP contribution < -0.4 is 10.1 Å². The number of alkyl carbamates (subject to hydrolysis) is 1. The third kappa shape index (κ3) is 6.66. The van der Waals surface area contributed by atoms with Crippen molar-refractivity contribution < 1.29 is 28.6 Å². The van der Waals surface area contributed by atoms with Crippen molar-refractivity contribution in [1.82, 2.24) is 10.3 Å². The van der Waals surface area contributed by atoms with Gasteiger partial charge in [0, 0.05) is 29.5 Å². The third-order valence-corrected chi connectivity index (χ3v) is 4.26. The number of hydrogen-bond donors (Lipinski definition) is 1. The van der Waals surface area contributed by atoms with Crippen molar-refractivity contribution in [2.75, 3.05) is 7.11 Å². The van der Waals surface area contributed by atoms with Crippen molar-refractivity contribution in [2.45, 2.75) is 45.3 Å². The van der Waals surface area contributed by atoms with Crippen LogP contribution >= 0.6 is 0 Å². The lowest BCUT2D eigenvalue weighted by atomic mass is 10.1. The molecule has 0 unspecified atom stereocenters. The lowest BCUT2D eigenvalue weighted by molar-refractivity contribution is -0.142. The number of fused-ring (bicyclic) bond motifs is 1. The van der Waals surface area contributed by atoms with Crippen molar-refractivity contribution >= 4 is 29.3 Å². The van der Waals surface area contributed by atoms with Crippen LogP contribution in [0.5, 0.6) is 5.75 Å². The summed E-state index contributed by atoms with van der Waals surface area (Å²) in [7, 11) is 1.50. The molecule has 0 radical (unpaired) electrons. The second-order valence-electron chi connectivity index (χ2n) is 8.03. The van der Waals surface area contributed by atoms with E-state index < -0.39 is 23.7 Å². The normalized spacial score (nSPS) is 11.9. The predicted octanol–water partition coefficient (Wildman–Crippen LogP) is 4.12. The quantitative estimate of drug-likeness (QED) is 0.271. The fourth-order valence-electron chi connectivity index (χ4n) is 2.90. The van der Waals surface area contributed by atoms with Crippen LogP contribution in [-0.2, 0) is 20.7 Å². The number of hydrogen-bond acceptors (Lipinski definition) is 7. The zero-order valence-corrected chi connectivity index (χ0v) is 18.8. The van der Waals surface area contributed by atoms with E-state index in [1.54, 1.807) is 51.1 Å². The smallest absolute Gasteiger partial charge is 0.408 e. The molecular formula is C24H28N2O6. The maximum absolute atomic E-state index is 12.7. The Labute approximate surface area is 187 Å². The molecule has 2 aromatic rings. The van der Waals surface area contributed by atoms with E-state index in [1.807, 2.05) is 0 Å². The molecule has 0 aliphatic rings. The number of esters is 1. The number of benzene rings is 1. The first kappa shape index (κ1) is 24.6.